The zero-order chi connectivity index (χ0) is 27.3. The van der Waals surface area contributed by atoms with Crippen molar-refractivity contribution >= 4 is 69.4 Å². The second kappa shape index (κ2) is 8.42. The summed E-state index contributed by atoms with van der Waals surface area (Å²) in [6, 6.07) is 44.2. The lowest BCUT2D eigenvalue weighted by molar-refractivity contribution is 0.666. The Bertz CT molecular complexity index is 2290. The second-order valence-corrected chi connectivity index (χ2v) is 12.9. The molecule has 0 saturated carbocycles. The summed E-state index contributed by atoms with van der Waals surface area (Å²) in [5.41, 5.74) is 10.4. The van der Waals surface area contributed by atoms with E-state index in [0.717, 1.165) is 21.0 Å². The molecule has 0 unspecified atom stereocenters. The molecule has 0 fully saturated rings. The maximum absolute atomic E-state index is 6.55. The van der Waals surface area contributed by atoms with Crippen LogP contribution in [-0.2, 0) is 5.41 Å². The van der Waals surface area contributed by atoms with Crippen molar-refractivity contribution in [3.8, 4) is 11.1 Å². The highest BCUT2D eigenvalue weighted by Crippen LogP contribution is 2.62. The van der Waals surface area contributed by atoms with Crippen LogP contribution in [0.4, 0.5) is 0 Å². The summed E-state index contributed by atoms with van der Waals surface area (Å²) < 4.78 is 10.2. The summed E-state index contributed by atoms with van der Waals surface area (Å²) in [6.45, 7) is 2.28. The van der Waals surface area contributed by atoms with Crippen molar-refractivity contribution in [3.05, 3.63) is 154 Å². The number of fused-ring (bicyclic) bond motifs is 11. The van der Waals surface area contributed by atoms with Crippen LogP contribution in [0.1, 0.15) is 27.8 Å². The van der Waals surface area contributed by atoms with E-state index in [1.54, 1.807) is 0 Å². The minimum absolute atomic E-state index is 0.489. The van der Waals surface area contributed by atoms with Gasteiger partial charge in [-0.05, 0) is 68.9 Å². The average Bonchev–Trinajstić information content (AvgIpc) is 3.67. The fourth-order valence-corrected chi connectivity index (χ4v) is 9.21. The highest BCUT2D eigenvalue weighted by molar-refractivity contribution is 9.10. The molecule has 6 aromatic carbocycles. The van der Waals surface area contributed by atoms with E-state index in [4.69, 9.17) is 4.42 Å². The Morgan fingerprint density at radius 3 is 1.98 bits per heavy atom. The van der Waals surface area contributed by atoms with Crippen LogP contribution in [0, 0.1) is 6.92 Å². The number of rotatable bonds is 2. The number of hydrogen-bond donors (Lipinski definition) is 0. The van der Waals surface area contributed by atoms with Crippen molar-refractivity contribution in [1.82, 2.24) is 0 Å². The number of aryl methyl sites for hydroxylation is 1. The monoisotopic (exact) mass is 606 g/mol. The van der Waals surface area contributed by atoms with Crippen LogP contribution >= 0.6 is 27.3 Å². The molecule has 0 radical (unpaired) electrons. The minimum Gasteiger partial charge on any atom is -0.455 e. The molecule has 194 valence electrons. The predicted octanol–water partition coefficient (Wildman–Crippen LogP) is 11.4. The fraction of sp³-hybridized carbons (Fsp3) is 0.0526. The molecule has 3 heteroatoms. The van der Waals surface area contributed by atoms with Gasteiger partial charge in [0, 0.05) is 42.1 Å². The van der Waals surface area contributed by atoms with E-state index in [9.17, 15) is 0 Å². The molecule has 2 aromatic heterocycles. The fourth-order valence-electron chi connectivity index (χ4n) is 7.37. The predicted molar refractivity (Wildman–Crippen MR) is 176 cm³/mol. The third-order valence-corrected chi connectivity index (χ3v) is 10.7. The lowest BCUT2D eigenvalue weighted by Gasteiger charge is -2.34. The Morgan fingerprint density at radius 1 is 0.634 bits per heavy atom. The number of halogens is 1. The van der Waals surface area contributed by atoms with Crippen LogP contribution in [0.15, 0.2) is 130 Å². The first-order valence-electron chi connectivity index (χ1n) is 13.9. The molecule has 0 spiro atoms. The highest BCUT2D eigenvalue weighted by atomic mass is 79.9. The van der Waals surface area contributed by atoms with Crippen LogP contribution in [0.25, 0.3) is 53.2 Å². The lowest BCUT2D eigenvalue weighted by Crippen LogP contribution is -2.28. The van der Waals surface area contributed by atoms with E-state index in [-0.39, 0.29) is 0 Å². The summed E-state index contributed by atoms with van der Waals surface area (Å²) in [4.78, 5) is 0. The molecule has 0 N–H and O–H groups in total. The molecule has 0 aliphatic heterocycles. The van der Waals surface area contributed by atoms with Crippen molar-refractivity contribution in [2.24, 2.45) is 0 Å². The smallest absolute Gasteiger partial charge is 0.150 e. The molecular weight excluding hydrogens is 584 g/mol. The maximum Gasteiger partial charge on any atom is 0.150 e. The summed E-state index contributed by atoms with van der Waals surface area (Å²) in [7, 11) is 0. The van der Waals surface area contributed by atoms with E-state index in [2.05, 4.69) is 144 Å². The molecule has 0 bridgehead atoms. The zero-order valence-corrected chi connectivity index (χ0v) is 24.6. The van der Waals surface area contributed by atoms with Crippen LogP contribution < -0.4 is 0 Å². The number of benzene rings is 6. The molecule has 2 heterocycles. The minimum atomic E-state index is -0.489. The SMILES string of the molecule is Cc1cc2c(c3sc4ccccc4c13)-c1c(cc(Br)c3oc4ccccc4c13)C2(c1ccccc1)c1ccccc1. The van der Waals surface area contributed by atoms with Gasteiger partial charge < -0.3 is 4.42 Å². The van der Waals surface area contributed by atoms with Crippen LogP contribution in [0.5, 0.6) is 0 Å². The van der Waals surface area contributed by atoms with Crippen molar-refractivity contribution < 1.29 is 4.42 Å². The van der Waals surface area contributed by atoms with Crippen molar-refractivity contribution in [2.75, 3.05) is 0 Å². The molecule has 8 aromatic rings. The van der Waals surface area contributed by atoms with Crippen LogP contribution in [-0.4, -0.2) is 0 Å². The first-order chi connectivity index (χ1) is 20.2. The zero-order valence-electron chi connectivity index (χ0n) is 22.2. The molecule has 1 aliphatic rings. The summed E-state index contributed by atoms with van der Waals surface area (Å²) >= 11 is 5.89. The van der Waals surface area contributed by atoms with Gasteiger partial charge in [0.1, 0.15) is 11.2 Å². The molecule has 41 heavy (non-hydrogen) atoms. The molecule has 0 atom stereocenters. The average molecular weight is 608 g/mol. The quantitative estimate of drug-likeness (QED) is 0.191. The van der Waals surface area contributed by atoms with Gasteiger partial charge in [0.2, 0.25) is 0 Å². The maximum atomic E-state index is 6.55. The Hall–Kier alpha value is -4.18. The van der Waals surface area contributed by atoms with Crippen molar-refractivity contribution in [1.29, 1.82) is 0 Å². The molecule has 1 nitrogen and oxygen atoms in total. The number of para-hydroxylation sites is 1. The van der Waals surface area contributed by atoms with E-state index in [1.807, 2.05) is 11.3 Å². The van der Waals surface area contributed by atoms with Crippen molar-refractivity contribution in [3.63, 3.8) is 0 Å². The summed E-state index contributed by atoms with van der Waals surface area (Å²) in [6.07, 6.45) is 0. The Balaban J connectivity index is 1.61. The Labute approximate surface area is 249 Å². The van der Waals surface area contributed by atoms with Gasteiger partial charge in [-0.15, -0.1) is 11.3 Å². The van der Waals surface area contributed by atoms with Crippen molar-refractivity contribution in [2.45, 2.75) is 12.3 Å². The van der Waals surface area contributed by atoms with Crippen LogP contribution in [0.3, 0.4) is 0 Å². The summed E-state index contributed by atoms with van der Waals surface area (Å²) in [5, 5.41) is 5.02. The first kappa shape index (κ1) is 23.5. The lowest BCUT2D eigenvalue weighted by atomic mass is 9.67. The van der Waals surface area contributed by atoms with Gasteiger partial charge in [0.15, 0.2) is 0 Å². The normalized spacial score (nSPS) is 13.8. The Kier molecular flexibility index (Phi) is 4.83. The number of thiophene rings is 1. The highest BCUT2D eigenvalue weighted by Gasteiger charge is 2.48. The second-order valence-electron chi connectivity index (χ2n) is 11.0. The van der Waals surface area contributed by atoms with Gasteiger partial charge >= 0.3 is 0 Å². The van der Waals surface area contributed by atoms with Gasteiger partial charge in [0.05, 0.1) is 9.89 Å². The third kappa shape index (κ3) is 2.95. The van der Waals surface area contributed by atoms with Gasteiger partial charge in [-0.1, -0.05) is 103 Å². The molecule has 0 saturated heterocycles. The van der Waals surface area contributed by atoms with E-state index in [1.165, 1.54) is 64.5 Å². The van der Waals surface area contributed by atoms with Gasteiger partial charge in [-0.2, -0.15) is 0 Å². The largest absolute Gasteiger partial charge is 0.455 e. The van der Waals surface area contributed by atoms with Gasteiger partial charge in [0.25, 0.3) is 0 Å². The van der Waals surface area contributed by atoms with E-state index < -0.39 is 5.41 Å². The van der Waals surface area contributed by atoms with E-state index in [0.29, 0.717) is 0 Å². The number of hydrogen-bond acceptors (Lipinski definition) is 2. The third-order valence-electron chi connectivity index (χ3n) is 8.92. The molecule has 9 rings (SSSR count). The first-order valence-corrected chi connectivity index (χ1v) is 15.5. The molecule has 0 amide bonds. The van der Waals surface area contributed by atoms with E-state index >= 15 is 0 Å². The number of furan rings is 1. The van der Waals surface area contributed by atoms with Gasteiger partial charge in [-0.3, -0.25) is 0 Å². The summed E-state index contributed by atoms with van der Waals surface area (Å²) in [5.74, 6) is 0. The molecule has 1 aliphatic carbocycles. The topological polar surface area (TPSA) is 13.1 Å². The Morgan fingerprint density at radius 2 is 1.24 bits per heavy atom. The standard InChI is InChI=1S/C38H23BrOS/c1-22-20-27-35(37-32(22)26-17-9-11-19-31(26)41-37)34-28(21-29(39)36-33(34)25-16-8-10-18-30(25)40-36)38(27,23-12-4-2-5-13-23)24-14-6-3-7-15-24/h2-21H,1H3. The van der Waals surface area contributed by atoms with Gasteiger partial charge in [-0.25, -0.2) is 0 Å². The molecular formula is C38H23BrOS. The van der Waals surface area contributed by atoms with Crippen LogP contribution in [0.2, 0.25) is 0 Å².